The Labute approximate surface area is 164 Å². The molecule has 1 aromatic rings. The van der Waals surface area contributed by atoms with Gasteiger partial charge in [0, 0.05) is 21.0 Å². The minimum Gasteiger partial charge on any atom is -0.481 e. The number of hydrogen-bond donors (Lipinski definition) is 2. The van der Waals surface area contributed by atoms with Crippen LogP contribution in [0.4, 0.5) is 0 Å². The van der Waals surface area contributed by atoms with Crippen LogP contribution in [-0.2, 0) is 36.4 Å². The number of rotatable bonds is 8. The van der Waals surface area contributed by atoms with Crippen molar-refractivity contribution in [2.45, 2.75) is 23.0 Å². The molecule has 15 heteroatoms. The maximum atomic E-state index is 11.8. The van der Waals surface area contributed by atoms with Gasteiger partial charge in [0.25, 0.3) is 0 Å². The first-order chi connectivity index (χ1) is 11.8. The van der Waals surface area contributed by atoms with Crippen molar-refractivity contribution in [3.8, 4) is 0 Å². The van der Waals surface area contributed by atoms with Gasteiger partial charge < -0.3 is 10.2 Å². The second kappa shape index (κ2) is 11.0. The largest absolute Gasteiger partial charge is 0.481 e. The van der Waals surface area contributed by atoms with Crippen molar-refractivity contribution in [1.82, 2.24) is 0 Å². The Morgan fingerprint density at radius 2 is 1.33 bits per heavy atom. The quantitative estimate of drug-likeness (QED) is 0.279. The summed E-state index contributed by atoms with van der Waals surface area (Å²) in [6.07, 6.45) is 0. The third-order valence-electron chi connectivity index (χ3n) is 2.68. The zero-order valence-corrected chi connectivity index (χ0v) is 22.7. The predicted octanol–water partition coefficient (Wildman–Crippen LogP) is 4.73. The van der Waals surface area contributed by atoms with Crippen LogP contribution in [-0.4, -0.2) is 33.7 Å². The van der Waals surface area contributed by atoms with Crippen LogP contribution in [0.25, 0.3) is 0 Å². The molecule has 0 saturated carbocycles. The molecule has 7 nitrogen and oxygen atoms in total. The number of carboxylic acid groups (broad SMARTS) is 2. The van der Waals surface area contributed by atoms with Gasteiger partial charge in [0.05, 0.1) is 13.2 Å². The van der Waals surface area contributed by atoms with E-state index in [2.05, 4.69) is 0 Å². The van der Waals surface area contributed by atoms with Crippen molar-refractivity contribution in [3.05, 3.63) is 23.3 Å². The third kappa shape index (κ3) is 8.04. The molecule has 2 N–H and O–H groups in total. The van der Waals surface area contributed by atoms with Crippen LogP contribution in [0.3, 0.4) is 0 Å². The van der Waals surface area contributed by atoms with Crippen molar-refractivity contribution in [1.29, 1.82) is 0 Å². The Bertz CT molecular complexity index is 672. The summed E-state index contributed by atoms with van der Waals surface area (Å²) in [4.78, 5) is 22.9. The topological polar surface area (TPSA) is 110 Å². The van der Waals surface area contributed by atoms with E-state index in [1.165, 1.54) is 21.6 Å². The van der Waals surface area contributed by atoms with E-state index in [1.54, 1.807) is 12.1 Å². The summed E-state index contributed by atoms with van der Waals surface area (Å²) in [5.41, 5.74) is 1.48. The smallest absolute Gasteiger partial charge is 0.424 e. The van der Waals surface area contributed by atoms with E-state index < -0.39 is 18.9 Å². The van der Waals surface area contributed by atoms with E-state index in [0.29, 0.717) is 0 Å². The van der Waals surface area contributed by atoms with Crippen LogP contribution in [0.5, 0.6) is 0 Å². The fourth-order valence-corrected chi connectivity index (χ4v) is 6.96. The summed E-state index contributed by atoms with van der Waals surface area (Å²) in [5, 5.41) is 17.5. The Balaban J connectivity index is 0.00000338. The fourth-order valence-electron chi connectivity index (χ4n) is 1.66. The molecule has 1 aliphatic heterocycles. The minimum atomic E-state index is -3.62. The van der Waals surface area contributed by atoms with Crippen LogP contribution in [0.1, 0.15) is 11.1 Å². The van der Waals surface area contributed by atoms with E-state index in [4.69, 9.17) is 30.5 Å². The maximum Gasteiger partial charge on any atom is 0.424 e. The van der Waals surface area contributed by atoms with Gasteiger partial charge in [-0.2, -0.15) is 0 Å². The summed E-state index contributed by atoms with van der Waals surface area (Å²) in [6.45, 7) is -3.59. The fraction of sp³-hybridized carbons (Fsp3) is 0.333. The molecule has 0 fully saturated rings. The molecule has 1 aromatic carbocycles. The van der Waals surface area contributed by atoms with Gasteiger partial charge in [-0.25, -0.2) is 4.57 Å². The van der Waals surface area contributed by atoms with Gasteiger partial charge in [0.2, 0.25) is 0 Å². The van der Waals surface area contributed by atoms with Gasteiger partial charge in [-0.05, 0) is 23.3 Å². The number of halogens is 1. The standard InChI is InChI=1S/C12H12ClO7PS4.2Fm/c13-21(18)19-3-7-1-9(24-22-5-11(14)15)10(2-8(7)4-20-21)25-23-6-12(16)17;;/h1-2H,3-6H2,(H,14,15)(H,16,17);;. The van der Waals surface area contributed by atoms with Crippen LogP contribution >= 0.6 is 61.4 Å². The van der Waals surface area contributed by atoms with Gasteiger partial charge in [0.15, 0.2) is 0 Å². The summed E-state index contributed by atoms with van der Waals surface area (Å²) in [5.74, 6) is -2.02. The molecule has 2 rings (SSSR count). The Kier molecular flexibility index (Phi) is 10.2. The van der Waals surface area contributed by atoms with Gasteiger partial charge >= 0.3 is 18.9 Å². The second-order valence-corrected chi connectivity index (χ2v) is 11.8. The van der Waals surface area contributed by atoms with Crippen molar-refractivity contribution in [2.75, 3.05) is 11.5 Å². The monoisotopic (exact) mass is 976 g/mol. The van der Waals surface area contributed by atoms with Crippen LogP contribution < -0.4 is 0 Å². The molecule has 0 aromatic heterocycles. The molecule has 27 heavy (non-hydrogen) atoms. The van der Waals surface area contributed by atoms with E-state index in [0.717, 1.165) is 42.5 Å². The molecule has 1 heterocycles. The minimum absolute atomic E-state index is 0. The van der Waals surface area contributed by atoms with Gasteiger partial charge in [-0.15, -0.1) is 0 Å². The maximum absolute atomic E-state index is 11.8. The summed E-state index contributed by atoms with van der Waals surface area (Å²) < 4.78 is 21.9. The van der Waals surface area contributed by atoms with Crippen molar-refractivity contribution in [3.63, 3.8) is 0 Å². The van der Waals surface area contributed by atoms with E-state index in [-0.39, 0.29) is 24.7 Å². The van der Waals surface area contributed by atoms with Crippen LogP contribution in [0, 0.1) is 0 Å². The first-order valence-corrected chi connectivity index (χ1v) is 13.6. The first-order valence-electron chi connectivity index (χ1n) is 6.54. The average Bonchev–Trinajstić information content (AvgIpc) is 2.66. The summed E-state index contributed by atoms with van der Waals surface area (Å²) in [6, 6.07) is 3.59. The molecule has 162 valence electrons. The average molecular weight is 977 g/mol. The molecular weight excluding hydrogens is 965 g/mol. The van der Waals surface area contributed by atoms with E-state index in [1.807, 2.05) is 0 Å². The molecule has 0 bridgehead atoms. The third-order valence-corrected chi connectivity index (χ3v) is 8.76. The zero-order valence-electron chi connectivity index (χ0n) is 13.0. The number of fused-ring (bicyclic) bond motifs is 1. The number of benzene rings is 1. The zero-order chi connectivity index (χ0) is 18.4. The predicted molar refractivity (Wildman–Crippen MR) is 101 cm³/mol. The van der Waals surface area contributed by atoms with Crippen molar-refractivity contribution in [2.24, 2.45) is 0 Å². The number of carbonyl (C=O) groups is 2. The Morgan fingerprint density at radius 3 is 1.67 bits per heavy atom. The molecule has 0 atom stereocenters. The van der Waals surface area contributed by atoms with Crippen LogP contribution in [0.2, 0.25) is 0 Å². The van der Waals surface area contributed by atoms with Gasteiger partial charge in [-0.3, -0.25) is 18.6 Å². The molecule has 0 amide bonds. The van der Waals surface area contributed by atoms with Gasteiger partial charge in [0.1, 0.15) is 11.5 Å². The number of hydrogen-bond acceptors (Lipinski definition) is 9. The first kappa shape index (κ1) is 25.0. The Hall–Kier alpha value is -2.00. The molecule has 0 unspecified atom stereocenters. The molecular formula is C12H12ClFm2O7PS4. The Morgan fingerprint density at radius 1 is 0.963 bits per heavy atom. The summed E-state index contributed by atoms with van der Waals surface area (Å²) >= 11 is 5.65. The van der Waals surface area contributed by atoms with Crippen molar-refractivity contribution >= 4 is 73.3 Å². The SMILES string of the molecule is O=C(O)CSSc1cc2c(cc1SSCC(=O)O)COP(=O)(Cl)OC2.[Fm].[Fm]. The molecule has 0 saturated heterocycles. The molecule has 0 aliphatic carbocycles. The normalized spacial score (nSPS) is 14.9. The van der Waals surface area contributed by atoms with Gasteiger partial charge in [-0.1, -0.05) is 43.2 Å². The number of aliphatic carboxylic acids is 2. The van der Waals surface area contributed by atoms with Crippen LogP contribution in [0.15, 0.2) is 21.9 Å². The molecule has 1 aliphatic rings. The van der Waals surface area contributed by atoms with E-state index >= 15 is 0 Å². The molecule has 0 spiro atoms. The number of carboxylic acids is 2. The molecule has 0 radical (unpaired) electrons. The van der Waals surface area contributed by atoms with E-state index in [9.17, 15) is 14.2 Å². The summed E-state index contributed by atoms with van der Waals surface area (Å²) in [7, 11) is 4.84. The second-order valence-electron chi connectivity index (χ2n) is 4.52. The van der Waals surface area contributed by atoms with Crippen molar-refractivity contribution < 1.29 is 33.4 Å².